The molecule has 0 saturated heterocycles. The second-order valence-electron chi connectivity index (χ2n) is 4.36. The molecule has 0 fully saturated rings. The number of amides is 1. The molecule has 0 unspecified atom stereocenters. The number of anilines is 1. The number of carbonyl (C=O) groups is 1. The molecule has 94 valence electrons. The summed E-state index contributed by atoms with van der Waals surface area (Å²) in [6.07, 6.45) is 0.411. The van der Waals surface area contributed by atoms with E-state index in [4.69, 9.17) is 0 Å². The summed E-state index contributed by atoms with van der Waals surface area (Å²) >= 11 is 0. The van der Waals surface area contributed by atoms with Crippen LogP contribution < -0.4 is 10.6 Å². The number of carbonyl (C=O) groups excluding carboxylic acids is 1. The minimum atomic E-state index is -0.215. The maximum atomic E-state index is 13.0. The summed E-state index contributed by atoms with van der Waals surface area (Å²) < 4.78 is 13.0. The number of nitrogens with one attached hydrogen (secondary N) is 2. The lowest BCUT2D eigenvalue weighted by Crippen LogP contribution is -2.31. The van der Waals surface area contributed by atoms with E-state index in [1.807, 2.05) is 13.8 Å². The van der Waals surface area contributed by atoms with Crippen molar-refractivity contribution < 1.29 is 9.18 Å². The van der Waals surface area contributed by atoms with E-state index >= 15 is 0 Å². The highest BCUT2D eigenvalue weighted by Crippen LogP contribution is 2.13. The molecule has 0 aliphatic rings. The minimum absolute atomic E-state index is 0.0198. The topological polar surface area (TPSA) is 41.1 Å². The highest BCUT2D eigenvalue weighted by molar-refractivity contribution is 5.76. The zero-order chi connectivity index (χ0) is 12.8. The molecule has 0 aromatic heterocycles. The molecule has 1 rings (SSSR count). The van der Waals surface area contributed by atoms with Gasteiger partial charge in [-0.25, -0.2) is 4.39 Å². The molecule has 0 heterocycles. The molecule has 0 radical (unpaired) electrons. The number of aryl methyl sites for hydroxylation is 1. The normalized spacial score (nSPS) is 10.4. The van der Waals surface area contributed by atoms with Crippen LogP contribution in [-0.4, -0.2) is 18.5 Å². The average Bonchev–Trinajstić information content (AvgIpc) is 2.22. The van der Waals surface area contributed by atoms with Crippen LogP contribution in [-0.2, 0) is 4.79 Å². The van der Waals surface area contributed by atoms with Crippen LogP contribution in [0.3, 0.4) is 0 Å². The Morgan fingerprint density at radius 3 is 2.71 bits per heavy atom. The highest BCUT2D eigenvalue weighted by atomic mass is 19.1. The summed E-state index contributed by atoms with van der Waals surface area (Å²) in [5.74, 6) is -0.195. The monoisotopic (exact) mass is 238 g/mol. The fraction of sp³-hybridized carbons (Fsp3) is 0.462. The molecule has 4 heteroatoms. The van der Waals surface area contributed by atoms with Crippen LogP contribution in [0.2, 0.25) is 0 Å². The van der Waals surface area contributed by atoms with E-state index in [-0.39, 0.29) is 17.8 Å². The lowest BCUT2D eigenvalue weighted by atomic mass is 10.2. The third kappa shape index (κ3) is 4.85. The van der Waals surface area contributed by atoms with Crippen LogP contribution in [0.1, 0.15) is 25.8 Å². The largest absolute Gasteiger partial charge is 0.385 e. The Kier molecular flexibility index (Phi) is 4.94. The molecule has 2 N–H and O–H groups in total. The fourth-order valence-corrected chi connectivity index (χ4v) is 1.47. The molecule has 0 spiro atoms. The predicted molar refractivity (Wildman–Crippen MR) is 67.5 cm³/mol. The van der Waals surface area contributed by atoms with Gasteiger partial charge in [-0.15, -0.1) is 0 Å². The summed E-state index contributed by atoms with van der Waals surface area (Å²) in [7, 11) is 0. The zero-order valence-electron chi connectivity index (χ0n) is 10.5. The molecule has 0 bridgehead atoms. The van der Waals surface area contributed by atoms with Gasteiger partial charge in [0.15, 0.2) is 0 Å². The van der Waals surface area contributed by atoms with E-state index < -0.39 is 0 Å². The Morgan fingerprint density at radius 1 is 1.41 bits per heavy atom. The second-order valence-corrected chi connectivity index (χ2v) is 4.36. The van der Waals surface area contributed by atoms with Crippen molar-refractivity contribution in [3.8, 4) is 0 Å². The third-order valence-electron chi connectivity index (χ3n) is 2.29. The van der Waals surface area contributed by atoms with Gasteiger partial charge < -0.3 is 10.6 Å². The van der Waals surface area contributed by atoms with E-state index in [9.17, 15) is 9.18 Å². The average molecular weight is 238 g/mol. The summed E-state index contributed by atoms with van der Waals surface area (Å²) in [6.45, 7) is 6.11. The lowest BCUT2D eigenvalue weighted by Gasteiger charge is -2.10. The Morgan fingerprint density at radius 2 is 2.12 bits per heavy atom. The fourth-order valence-electron chi connectivity index (χ4n) is 1.47. The van der Waals surface area contributed by atoms with Crippen molar-refractivity contribution in [1.82, 2.24) is 5.32 Å². The van der Waals surface area contributed by atoms with E-state index in [2.05, 4.69) is 10.6 Å². The van der Waals surface area contributed by atoms with E-state index in [1.54, 1.807) is 19.1 Å². The van der Waals surface area contributed by atoms with Crippen molar-refractivity contribution >= 4 is 11.6 Å². The second kappa shape index (κ2) is 6.23. The van der Waals surface area contributed by atoms with Crippen molar-refractivity contribution in [3.63, 3.8) is 0 Å². The Hall–Kier alpha value is -1.58. The first kappa shape index (κ1) is 13.5. The maximum Gasteiger partial charge on any atom is 0.221 e. The Labute approximate surface area is 101 Å². The Balaban J connectivity index is 2.36. The molecule has 17 heavy (non-hydrogen) atoms. The number of hydrogen-bond acceptors (Lipinski definition) is 2. The van der Waals surface area contributed by atoms with Gasteiger partial charge in [-0.2, -0.15) is 0 Å². The molecule has 1 aromatic carbocycles. The molecule has 0 aliphatic heterocycles. The van der Waals surface area contributed by atoms with Crippen LogP contribution in [0.4, 0.5) is 10.1 Å². The first-order valence-electron chi connectivity index (χ1n) is 5.78. The van der Waals surface area contributed by atoms with Gasteiger partial charge in [0.2, 0.25) is 5.91 Å². The van der Waals surface area contributed by atoms with Crippen LogP contribution in [0.5, 0.6) is 0 Å². The molecule has 0 aliphatic carbocycles. The smallest absolute Gasteiger partial charge is 0.221 e. The number of hydrogen-bond donors (Lipinski definition) is 2. The SMILES string of the molecule is Cc1cc(NCCC(=O)NC(C)C)ccc1F. The third-order valence-corrected chi connectivity index (χ3v) is 2.29. The molecule has 0 saturated carbocycles. The molecule has 0 atom stereocenters. The number of benzene rings is 1. The standard InChI is InChI=1S/C13H19FN2O/c1-9(2)16-13(17)6-7-15-11-4-5-12(14)10(3)8-11/h4-5,8-9,15H,6-7H2,1-3H3,(H,16,17). The molecule has 1 aromatic rings. The number of halogens is 1. The quantitative estimate of drug-likeness (QED) is 0.827. The van der Waals surface area contributed by atoms with E-state index in [0.29, 0.717) is 18.5 Å². The van der Waals surface area contributed by atoms with Crippen molar-refractivity contribution in [2.24, 2.45) is 0 Å². The molecular formula is C13H19FN2O. The van der Waals surface area contributed by atoms with Crippen molar-refractivity contribution in [2.45, 2.75) is 33.2 Å². The zero-order valence-corrected chi connectivity index (χ0v) is 10.5. The minimum Gasteiger partial charge on any atom is -0.385 e. The summed E-state index contributed by atoms with van der Waals surface area (Å²) in [5, 5.41) is 5.90. The predicted octanol–water partition coefficient (Wildman–Crippen LogP) is 2.46. The Bertz CT molecular complexity index is 391. The van der Waals surface area contributed by atoms with Gasteiger partial charge in [0.25, 0.3) is 0 Å². The summed E-state index contributed by atoms with van der Waals surface area (Å²) in [6, 6.07) is 4.99. The summed E-state index contributed by atoms with van der Waals surface area (Å²) in [4.78, 5) is 11.4. The van der Waals surface area contributed by atoms with Crippen LogP contribution >= 0.6 is 0 Å². The van der Waals surface area contributed by atoms with Crippen LogP contribution in [0, 0.1) is 12.7 Å². The van der Waals surface area contributed by atoms with Crippen molar-refractivity contribution in [1.29, 1.82) is 0 Å². The van der Waals surface area contributed by atoms with Gasteiger partial charge in [-0.3, -0.25) is 4.79 Å². The molecule has 1 amide bonds. The van der Waals surface area contributed by atoms with Crippen molar-refractivity contribution in [2.75, 3.05) is 11.9 Å². The number of rotatable bonds is 5. The van der Waals surface area contributed by atoms with Gasteiger partial charge in [0.1, 0.15) is 5.82 Å². The van der Waals surface area contributed by atoms with Gasteiger partial charge in [-0.1, -0.05) is 0 Å². The van der Waals surface area contributed by atoms with Crippen LogP contribution in [0.15, 0.2) is 18.2 Å². The lowest BCUT2D eigenvalue weighted by molar-refractivity contribution is -0.121. The van der Waals surface area contributed by atoms with Gasteiger partial charge >= 0.3 is 0 Å². The van der Waals surface area contributed by atoms with Gasteiger partial charge in [-0.05, 0) is 44.5 Å². The first-order chi connectivity index (χ1) is 7.99. The van der Waals surface area contributed by atoms with Crippen LogP contribution in [0.25, 0.3) is 0 Å². The first-order valence-corrected chi connectivity index (χ1v) is 5.78. The maximum absolute atomic E-state index is 13.0. The summed E-state index contributed by atoms with van der Waals surface area (Å²) in [5.41, 5.74) is 1.43. The van der Waals surface area contributed by atoms with Crippen molar-refractivity contribution in [3.05, 3.63) is 29.6 Å². The van der Waals surface area contributed by atoms with E-state index in [0.717, 1.165) is 5.69 Å². The van der Waals surface area contributed by atoms with Gasteiger partial charge in [0.05, 0.1) is 0 Å². The van der Waals surface area contributed by atoms with Gasteiger partial charge in [0, 0.05) is 24.7 Å². The molecule has 3 nitrogen and oxygen atoms in total. The molecular weight excluding hydrogens is 219 g/mol. The highest BCUT2D eigenvalue weighted by Gasteiger charge is 2.03. The van der Waals surface area contributed by atoms with E-state index in [1.165, 1.54) is 6.07 Å².